The maximum Gasteiger partial charge on any atom is 0.241 e. The summed E-state index contributed by atoms with van der Waals surface area (Å²) in [6.07, 6.45) is 2.12. The lowest BCUT2D eigenvalue weighted by atomic mass is 10.1. The molecule has 4 nitrogen and oxygen atoms in total. The van der Waals surface area contributed by atoms with E-state index >= 15 is 0 Å². The second-order valence-corrected chi connectivity index (χ2v) is 3.75. The lowest BCUT2D eigenvalue weighted by Crippen LogP contribution is -2.46. The maximum absolute atomic E-state index is 11.7. The summed E-state index contributed by atoms with van der Waals surface area (Å²) in [4.78, 5) is 13.4. The summed E-state index contributed by atoms with van der Waals surface area (Å²) in [5, 5.41) is 0. The first-order chi connectivity index (χ1) is 6.29. The molecule has 1 saturated heterocycles. The second kappa shape index (κ2) is 3.64. The number of rotatable bonds is 2. The third kappa shape index (κ3) is 2.00. The summed E-state index contributed by atoms with van der Waals surface area (Å²) in [5.41, 5.74) is 7.70. The van der Waals surface area contributed by atoms with Crippen LogP contribution >= 0.6 is 0 Å². The van der Waals surface area contributed by atoms with Gasteiger partial charge in [-0.3, -0.25) is 4.79 Å². The van der Waals surface area contributed by atoms with Crippen LogP contribution in [-0.4, -0.2) is 43.2 Å². The average molecular weight is 183 g/mol. The molecule has 1 aliphatic carbocycles. The number of amides is 1. The highest BCUT2D eigenvalue weighted by molar-refractivity contribution is 5.82. The minimum Gasteiger partial charge on any atom is -0.378 e. The molecular weight excluding hydrogens is 168 g/mol. The Hall–Kier alpha value is -0.610. The molecule has 1 saturated carbocycles. The summed E-state index contributed by atoms with van der Waals surface area (Å²) in [6.45, 7) is 2.59. The molecule has 1 atom stereocenters. The van der Waals surface area contributed by atoms with E-state index < -0.39 is 6.04 Å². The fourth-order valence-corrected chi connectivity index (χ4v) is 1.61. The van der Waals surface area contributed by atoms with E-state index in [-0.39, 0.29) is 5.91 Å². The summed E-state index contributed by atoms with van der Waals surface area (Å²) >= 11 is 0. The molecule has 1 aliphatic heterocycles. The van der Waals surface area contributed by atoms with Crippen molar-refractivity contribution in [2.24, 2.45) is 5.92 Å². The van der Waals surface area contributed by atoms with E-state index in [2.05, 4.69) is 0 Å². The molecular formula is C9H15N2O2. The number of nitrogens with one attached hydrogen (secondary N) is 1. The zero-order chi connectivity index (χ0) is 9.26. The van der Waals surface area contributed by atoms with Gasteiger partial charge in [-0.2, -0.15) is 0 Å². The van der Waals surface area contributed by atoms with Gasteiger partial charge in [-0.05, 0) is 18.8 Å². The molecule has 4 heteroatoms. The van der Waals surface area contributed by atoms with E-state index in [9.17, 15) is 4.79 Å². The predicted octanol–water partition coefficient (Wildman–Crippen LogP) is -0.0933. The quantitative estimate of drug-likeness (QED) is 0.600. The molecule has 13 heavy (non-hydrogen) atoms. The average Bonchev–Trinajstić information content (AvgIpc) is 3.00. The van der Waals surface area contributed by atoms with Crippen LogP contribution in [0.15, 0.2) is 0 Å². The fourth-order valence-electron chi connectivity index (χ4n) is 1.61. The molecule has 0 spiro atoms. The third-order valence-corrected chi connectivity index (χ3v) is 2.68. The van der Waals surface area contributed by atoms with Crippen LogP contribution in [0.5, 0.6) is 0 Å². The van der Waals surface area contributed by atoms with E-state index in [0.717, 1.165) is 12.8 Å². The molecule has 2 rings (SSSR count). The monoisotopic (exact) mass is 183 g/mol. The lowest BCUT2D eigenvalue weighted by molar-refractivity contribution is -0.137. The van der Waals surface area contributed by atoms with Gasteiger partial charge in [-0.25, -0.2) is 5.73 Å². The van der Waals surface area contributed by atoms with Gasteiger partial charge in [0.1, 0.15) is 6.04 Å². The van der Waals surface area contributed by atoms with Gasteiger partial charge in [0.15, 0.2) is 0 Å². The standard InChI is InChI=1S/C9H15N2O2/c10-8(7-1-2-7)9(12)11-3-5-13-6-4-11/h7-8,10H,1-6H2. The number of ether oxygens (including phenoxy) is 1. The largest absolute Gasteiger partial charge is 0.378 e. The Bertz CT molecular complexity index is 198. The van der Waals surface area contributed by atoms with Crippen molar-refractivity contribution in [2.45, 2.75) is 18.9 Å². The van der Waals surface area contributed by atoms with Crippen molar-refractivity contribution in [1.29, 1.82) is 0 Å². The van der Waals surface area contributed by atoms with Gasteiger partial charge >= 0.3 is 0 Å². The first-order valence-corrected chi connectivity index (χ1v) is 4.86. The molecule has 73 valence electrons. The fraction of sp³-hybridized carbons (Fsp3) is 0.889. The Morgan fingerprint density at radius 2 is 2.00 bits per heavy atom. The summed E-state index contributed by atoms with van der Waals surface area (Å²) < 4.78 is 5.15. The topological polar surface area (TPSA) is 53.3 Å². The van der Waals surface area contributed by atoms with Crippen LogP contribution in [0.25, 0.3) is 0 Å². The highest BCUT2D eigenvalue weighted by Gasteiger charge is 2.36. The van der Waals surface area contributed by atoms with Gasteiger partial charge in [0.2, 0.25) is 5.91 Å². The van der Waals surface area contributed by atoms with Gasteiger partial charge in [-0.15, -0.1) is 0 Å². The van der Waals surface area contributed by atoms with Crippen LogP contribution < -0.4 is 5.73 Å². The minimum atomic E-state index is -0.502. The van der Waals surface area contributed by atoms with E-state index in [0.29, 0.717) is 32.2 Å². The van der Waals surface area contributed by atoms with Crippen molar-refractivity contribution < 1.29 is 9.53 Å². The zero-order valence-corrected chi connectivity index (χ0v) is 7.66. The van der Waals surface area contributed by atoms with Crippen molar-refractivity contribution in [3.8, 4) is 0 Å². The van der Waals surface area contributed by atoms with Crippen LogP contribution in [0.1, 0.15) is 12.8 Å². The van der Waals surface area contributed by atoms with Crippen LogP contribution in [-0.2, 0) is 9.53 Å². The molecule has 2 aliphatic rings. The smallest absolute Gasteiger partial charge is 0.241 e. The van der Waals surface area contributed by atoms with Gasteiger partial charge < -0.3 is 9.64 Å². The number of nitrogens with zero attached hydrogens (tertiary/aromatic N) is 1. The van der Waals surface area contributed by atoms with E-state index in [1.54, 1.807) is 4.90 Å². The normalized spacial score (nSPS) is 25.8. The Labute approximate surface area is 78.0 Å². The van der Waals surface area contributed by atoms with Crippen LogP contribution in [0, 0.1) is 5.92 Å². The van der Waals surface area contributed by atoms with Crippen molar-refractivity contribution in [3.63, 3.8) is 0 Å². The first-order valence-electron chi connectivity index (χ1n) is 4.86. The van der Waals surface area contributed by atoms with Crippen LogP contribution in [0.2, 0.25) is 0 Å². The molecule has 0 bridgehead atoms. The van der Waals surface area contributed by atoms with Gasteiger partial charge in [-0.1, -0.05) is 0 Å². The number of carbonyl (C=O) groups is 1. The summed E-state index contributed by atoms with van der Waals surface area (Å²) in [7, 11) is 0. The minimum absolute atomic E-state index is 0.00537. The van der Waals surface area contributed by atoms with Crippen molar-refractivity contribution >= 4 is 5.91 Å². The Kier molecular flexibility index (Phi) is 2.51. The number of carbonyl (C=O) groups excluding carboxylic acids is 1. The van der Waals surface area contributed by atoms with Gasteiger partial charge in [0.25, 0.3) is 0 Å². The summed E-state index contributed by atoms with van der Waals surface area (Å²) in [6, 6.07) is -0.502. The van der Waals surface area contributed by atoms with E-state index in [4.69, 9.17) is 10.5 Å². The molecule has 1 unspecified atom stereocenters. The van der Waals surface area contributed by atoms with Crippen LogP contribution in [0.4, 0.5) is 0 Å². The maximum atomic E-state index is 11.7. The Morgan fingerprint density at radius 3 is 2.54 bits per heavy atom. The van der Waals surface area contributed by atoms with Crippen molar-refractivity contribution in [3.05, 3.63) is 0 Å². The SMILES string of the molecule is [NH]C(C(=O)N1CCOCC1)C1CC1. The Balaban J connectivity index is 1.86. The molecule has 0 aromatic heterocycles. The van der Waals surface area contributed by atoms with E-state index in [1.165, 1.54) is 0 Å². The molecule has 0 aromatic carbocycles. The van der Waals surface area contributed by atoms with Crippen molar-refractivity contribution in [2.75, 3.05) is 26.3 Å². The van der Waals surface area contributed by atoms with Crippen LogP contribution in [0.3, 0.4) is 0 Å². The molecule has 1 radical (unpaired) electrons. The Morgan fingerprint density at radius 1 is 1.38 bits per heavy atom. The predicted molar refractivity (Wildman–Crippen MR) is 47.0 cm³/mol. The third-order valence-electron chi connectivity index (χ3n) is 2.68. The number of hydrogen-bond acceptors (Lipinski definition) is 2. The van der Waals surface area contributed by atoms with Gasteiger partial charge in [0.05, 0.1) is 13.2 Å². The van der Waals surface area contributed by atoms with Gasteiger partial charge in [0, 0.05) is 13.1 Å². The number of morpholine rings is 1. The second-order valence-electron chi connectivity index (χ2n) is 3.75. The highest BCUT2D eigenvalue weighted by Crippen LogP contribution is 2.33. The molecule has 1 heterocycles. The lowest BCUT2D eigenvalue weighted by Gasteiger charge is -2.28. The summed E-state index contributed by atoms with van der Waals surface area (Å²) in [5.74, 6) is 0.348. The van der Waals surface area contributed by atoms with Crippen molar-refractivity contribution in [1.82, 2.24) is 10.6 Å². The molecule has 2 fully saturated rings. The number of hydrogen-bond donors (Lipinski definition) is 0. The first kappa shape index (κ1) is 8.97. The molecule has 1 amide bonds. The molecule has 0 aromatic rings. The molecule has 1 N–H and O–H groups in total. The van der Waals surface area contributed by atoms with E-state index in [1.807, 2.05) is 0 Å². The highest BCUT2D eigenvalue weighted by atomic mass is 16.5. The zero-order valence-electron chi connectivity index (χ0n) is 7.66.